The number of rotatable bonds is 5. The lowest BCUT2D eigenvalue weighted by molar-refractivity contribution is -0.0829. The normalized spacial score (nSPS) is 15.0. The second kappa shape index (κ2) is 4.73. The lowest BCUT2D eigenvalue weighted by atomic mass is 9.88. The summed E-state index contributed by atoms with van der Waals surface area (Å²) >= 11 is 0. The zero-order chi connectivity index (χ0) is 8.91. The van der Waals surface area contributed by atoms with Gasteiger partial charge in [-0.15, -0.1) is 0 Å². The summed E-state index contributed by atoms with van der Waals surface area (Å²) in [5.74, 6) is 0. The van der Waals surface area contributed by atoms with Crippen molar-refractivity contribution in [3.05, 3.63) is 0 Å². The molecule has 1 atom stereocenters. The fraction of sp³-hybridized carbons (Fsp3) is 1.00. The maximum absolute atomic E-state index is 9.78. The molecule has 0 aromatic carbocycles. The van der Waals surface area contributed by atoms with Gasteiger partial charge in [0.05, 0.1) is 11.7 Å². The van der Waals surface area contributed by atoms with Crippen LogP contribution in [0.1, 0.15) is 46.5 Å². The number of hydrogen-bond acceptors (Lipinski definition) is 2. The van der Waals surface area contributed by atoms with Gasteiger partial charge in [-0.2, -0.15) is 0 Å². The molecule has 2 heteroatoms. The van der Waals surface area contributed by atoms with Crippen LogP contribution in [0.15, 0.2) is 0 Å². The molecule has 0 saturated heterocycles. The quantitative estimate of drug-likeness (QED) is 0.642. The summed E-state index contributed by atoms with van der Waals surface area (Å²) in [6, 6.07) is 0. The summed E-state index contributed by atoms with van der Waals surface area (Å²) in [5.41, 5.74) is -0.851. The van der Waals surface area contributed by atoms with E-state index in [1.54, 1.807) is 0 Å². The minimum absolute atomic E-state index is 0.553. The van der Waals surface area contributed by atoms with Gasteiger partial charge in [0.25, 0.3) is 0 Å². The molecule has 68 valence electrons. The molecule has 1 unspecified atom stereocenters. The molecule has 0 bridgehead atoms. The fourth-order valence-electron chi connectivity index (χ4n) is 1.26. The third kappa shape index (κ3) is 2.80. The van der Waals surface area contributed by atoms with Crippen molar-refractivity contribution in [2.75, 3.05) is 0 Å². The predicted octanol–water partition coefficient (Wildman–Crippen LogP) is 1.70. The first-order valence-corrected chi connectivity index (χ1v) is 4.51. The van der Waals surface area contributed by atoms with E-state index in [9.17, 15) is 10.2 Å². The molecule has 0 aromatic rings. The smallest absolute Gasteiger partial charge is 0.0900 e. The van der Waals surface area contributed by atoms with Crippen LogP contribution < -0.4 is 0 Å². The highest BCUT2D eigenvalue weighted by Gasteiger charge is 2.30. The summed E-state index contributed by atoms with van der Waals surface area (Å²) in [6.45, 7) is 5.82. The van der Waals surface area contributed by atoms with Gasteiger partial charge in [0.2, 0.25) is 0 Å². The highest BCUT2D eigenvalue weighted by atomic mass is 16.3. The molecule has 2 N–H and O–H groups in total. The summed E-state index contributed by atoms with van der Waals surface area (Å²) in [7, 11) is 0. The number of aliphatic hydroxyl groups is 2. The van der Waals surface area contributed by atoms with E-state index in [2.05, 4.69) is 0 Å². The Balaban J connectivity index is 4.00. The topological polar surface area (TPSA) is 40.5 Å². The third-order valence-electron chi connectivity index (χ3n) is 2.41. The van der Waals surface area contributed by atoms with Gasteiger partial charge in [0.15, 0.2) is 0 Å². The molecule has 0 rings (SSSR count). The lowest BCUT2D eigenvalue weighted by Crippen LogP contribution is -2.40. The summed E-state index contributed by atoms with van der Waals surface area (Å²) in [4.78, 5) is 0. The van der Waals surface area contributed by atoms with Crippen LogP contribution in [0.5, 0.6) is 0 Å². The van der Waals surface area contributed by atoms with Gasteiger partial charge in [-0.25, -0.2) is 0 Å². The first kappa shape index (κ1) is 10.9. The second-order valence-electron chi connectivity index (χ2n) is 3.12. The van der Waals surface area contributed by atoms with Crippen LogP contribution in [-0.4, -0.2) is 21.9 Å². The van der Waals surface area contributed by atoms with E-state index >= 15 is 0 Å². The van der Waals surface area contributed by atoms with E-state index in [0.29, 0.717) is 19.3 Å². The maximum Gasteiger partial charge on any atom is 0.0900 e. The van der Waals surface area contributed by atoms with Crippen molar-refractivity contribution in [3.63, 3.8) is 0 Å². The average Bonchev–Trinajstić information content (AvgIpc) is 2.03. The first-order valence-electron chi connectivity index (χ1n) is 4.51. The zero-order valence-corrected chi connectivity index (χ0v) is 7.80. The van der Waals surface area contributed by atoms with Crippen LogP contribution in [0.3, 0.4) is 0 Å². The van der Waals surface area contributed by atoms with Crippen molar-refractivity contribution in [2.24, 2.45) is 0 Å². The molecule has 0 aromatic heterocycles. The standard InChI is InChI=1S/C9H20O2/c1-4-7-8(10)9(11,5-2)6-3/h8,10-11H,4-7H2,1-3H3. The minimum Gasteiger partial charge on any atom is -0.390 e. The van der Waals surface area contributed by atoms with Gasteiger partial charge in [0, 0.05) is 0 Å². The Morgan fingerprint density at radius 2 is 1.64 bits per heavy atom. The third-order valence-corrected chi connectivity index (χ3v) is 2.41. The van der Waals surface area contributed by atoms with Crippen molar-refractivity contribution < 1.29 is 10.2 Å². The Labute approximate surface area is 69.2 Å². The van der Waals surface area contributed by atoms with E-state index in [1.165, 1.54) is 0 Å². The summed E-state index contributed by atoms with van der Waals surface area (Å²) in [6.07, 6.45) is 2.32. The van der Waals surface area contributed by atoms with E-state index in [-0.39, 0.29) is 0 Å². The van der Waals surface area contributed by atoms with E-state index in [0.717, 1.165) is 6.42 Å². The first-order chi connectivity index (χ1) is 5.10. The molecule has 0 aliphatic rings. The van der Waals surface area contributed by atoms with E-state index in [1.807, 2.05) is 20.8 Å². The van der Waals surface area contributed by atoms with Crippen LogP contribution in [0, 0.1) is 0 Å². The van der Waals surface area contributed by atoms with Crippen LogP contribution in [0.25, 0.3) is 0 Å². The molecular formula is C9H20O2. The zero-order valence-electron chi connectivity index (χ0n) is 7.80. The Morgan fingerprint density at radius 1 is 1.18 bits per heavy atom. The number of aliphatic hydroxyl groups excluding tert-OH is 1. The molecule has 0 aliphatic carbocycles. The van der Waals surface area contributed by atoms with E-state index in [4.69, 9.17) is 0 Å². The molecule has 2 nitrogen and oxygen atoms in total. The van der Waals surface area contributed by atoms with Crippen LogP contribution in [-0.2, 0) is 0 Å². The van der Waals surface area contributed by atoms with Crippen molar-refractivity contribution >= 4 is 0 Å². The van der Waals surface area contributed by atoms with Crippen molar-refractivity contribution in [3.8, 4) is 0 Å². The van der Waals surface area contributed by atoms with Gasteiger partial charge in [-0.3, -0.25) is 0 Å². The van der Waals surface area contributed by atoms with Crippen LogP contribution in [0.4, 0.5) is 0 Å². The Morgan fingerprint density at radius 3 is 1.91 bits per heavy atom. The highest BCUT2D eigenvalue weighted by molar-refractivity contribution is 4.83. The van der Waals surface area contributed by atoms with Gasteiger partial charge >= 0.3 is 0 Å². The van der Waals surface area contributed by atoms with Crippen molar-refractivity contribution in [1.29, 1.82) is 0 Å². The van der Waals surface area contributed by atoms with Gasteiger partial charge in [0.1, 0.15) is 0 Å². The fourth-order valence-corrected chi connectivity index (χ4v) is 1.26. The molecule has 0 aliphatic heterocycles. The molecule has 11 heavy (non-hydrogen) atoms. The largest absolute Gasteiger partial charge is 0.390 e. The van der Waals surface area contributed by atoms with Crippen LogP contribution >= 0.6 is 0 Å². The Kier molecular flexibility index (Phi) is 4.69. The minimum atomic E-state index is -0.851. The van der Waals surface area contributed by atoms with Crippen LogP contribution in [0.2, 0.25) is 0 Å². The SMILES string of the molecule is CCCC(O)C(O)(CC)CC. The lowest BCUT2D eigenvalue weighted by Gasteiger charge is -2.30. The van der Waals surface area contributed by atoms with Crippen molar-refractivity contribution in [1.82, 2.24) is 0 Å². The Hall–Kier alpha value is -0.0800. The summed E-state index contributed by atoms with van der Waals surface area (Å²) < 4.78 is 0. The molecule has 0 saturated carbocycles. The van der Waals surface area contributed by atoms with Gasteiger partial charge < -0.3 is 10.2 Å². The van der Waals surface area contributed by atoms with E-state index < -0.39 is 11.7 Å². The second-order valence-corrected chi connectivity index (χ2v) is 3.12. The monoisotopic (exact) mass is 160 g/mol. The molecule has 0 amide bonds. The maximum atomic E-state index is 9.78. The van der Waals surface area contributed by atoms with Gasteiger partial charge in [-0.05, 0) is 19.3 Å². The highest BCUT2D eigenvalue weighted by Crippen LogP contribution is 2.22. The average molecular weight is 160 g/mol. The van der Waals surface area contributed by atoms with Crippen molar-refractivity contribution in [2.45, 2.75) is 58.2 Å². The molecule has 0 heterocycles. The molecule has 0 fully saturated rings. The predicted molar refractivity (Wildman–Crippen MR) is 46.4 cm³/mol. The molecule has 0 radical (unpaired) electrons. The van der Waals surface area contributed by atoms with Gasteiger partial charge in [-0.1, -0.05) is 27.2 Å². The Bertz CT molecular complexity index is 97.7. The molecule has 0 spiro atoms. The molecular weight excluding hydrogens is 140 g/mol. The summed E-state index contributed by atoms with van der Waals surface area (Å²) in [5, 5.41) is 19.3. The number of hydrogen-bond donors (Lipinski definition) is 2.